The summed E-state index contributed by atoms with van der Waals surface area (Å²) in [7, 11) is 0. The molecule has 1 aromatic carbocycles. The van der Waals surface area contributed by atoms with Crippen molar-refractivity contribution in [3.8, 4) is 5.75 Å². The number of hydrogen-bond acceptors (Lipinski definition) is 3. The van der Waals surface area contributed by atoms with Crippen LogP contribution in [0.2, 0.25) is 0 Å². The van der Waals surface area contributed by atoms with Crippen LogP contribution in [0.3, 0.4) is 0 Å². The minimum Gasteiger partial charge on any atom is -0.492 e. The standard InChI is InChI=1S/C16H23BrN2O2.ClH/c1-2-19(16(20)13-7-9-18-10-8-13)11-12-21-15-5-3-14(17)4-6-15;/h3-6,13,18H,2,7-12H2,1H3;1H. The highest BCUT2D eigenvalue weighted by Gasteiger charge is 2.24. The molecule has 1 N–H and O–H groups in total. The molecule has 1 fully saturated rings. The molecule has 1 aromatic rings. The molecular formula is C16H24BrClN2O2. The molecule has 1 aliphatic heterocycles. The van der Waals surface area contributed by atoms with Crippen molar-refractivity contribution >= 4 is 34.2 Å². The van der Waals surface area contributed by atoms with Gasteiger partial charge in [-0.15, -0.1) is 12.4 Å². The molecule has 0 aliphatic carbocycles. The first-order chi connectivity index (χ1) is 10.2. The van der Waals surface area contributed by atoms with Crippen LogP contribution in [0, 0.1) is 5.92 Å². The fourth-order valence-electron chi connectivity index (χ4n) is 2.56. The second kappa shape index (κ2) is 10.1. The Labute approximate surface area is 147 Å². The molecule has 0 atom stereocenters. The number of amides is 1. The maximum atomic E-state index is 12.5. The zero-order chi connectivity index (χ0) is 15.1. The Bertz CT molecular complexity index is 450. The number of hydrogen-bond donors (Lipinski definition) is 1. The van der Waals surface area contributed by atoms with Gasteiger partial charge in [0.05, 0.1) is 6.54 Å². The van der Waals surface area contributed by atoms with Crippen LogP contribution < -0.4 is 10.1 Å². The summed E-state index contributed by atoms with van der Waals surface area (Å²) in [6.07, 6.45) is 1.89. The summed E-state index contributed by atoms with van der Waals surface area (Å²) >= 11 is 3.40. The van der Waals surface area contributed by atoms with Gasteiger partial charge in [-0.2, -0.15) is 0 Å². The van der Waals surface area contributed by atoms with Gasteiger partial charge in [0.2, 0.25) is 5.91 Å². The fraction of sp³-hybridized carbons (Fsp3) is 0.562. The monoisotopic (exact) mass is 390 g/mol. The predicted molar refractivity (Wildman–Crippen MR) is 94.7 cm³/mol. The number of likely N-dealkylation sites (N-methyl/N-ethyl adjacent to an activating group) is 1. The van der Waals surface area contributed by atoms with Crippen molar-refractivity contribution in [1.29, 1.82) is 0 Å². The summed E-state index contributed by atoms with van der Waals surface area (Å²) in [5, 5.41) is 3.30. The van der Waals surface area contributed by atoms with E-state index in [1.54, 1.807) is 0 Å². The molecule has 2 rings (SSSR count). The van der Waals surface area contributed by atoms with E-state index in [9.17, 15) is 4.79 Å². The largest absolute Gasteiger partial charge is 0.492 e. The van der Waals surface area contributed by atoms with E-state index in [0.717, 1.165) is 42.7 Å². The van der Waals surface area contributed by atoms with Crippen molar-refractivity contribution in [1.82, 2.24) is 10.2 Å². The van der Waals surface area contributed by atoms with Crippen molar-refractivity contribution in [2.75, 3.05) is 32.8 Å². The minimum atomic E-state index is 0. The first-order valence-electron chi connectivity index (χ1n) is 7.58. The Kier molecular flexibility index (Phi) is 8.83. The molecule has 124 valence electrons. The number of piperidine rings is 1. The molecule has 1 aliphatic rings. The molecule has 4 nitrogen and oxygen atoms in total. The number of carbonyl (C=O) groups is 1. The molecule has 1 amide bonds. The Balaban J connectivity index is 0.00000242. The number of carbonyl (C=O) groups excluding carboxylic acids is 1. The van der Waals surface area contributed by atoms with Gasteiger partial charge in [-0.25, -0.2) is 0 Å². The van der Waals surface area contributed by atoms with Gasteiger partial charge >= 0.3 is 0 Å². The number of nitrogens with zero attached hydrogens (tertiary/aromatic N) is 1. The van der Waals surface area contributed by atoms with Crippen molar-refractivity contribution in [2.24, 2.45) is 5.92 Å². The van der Waals surface area contributed by atoms with Crippen LogP contribution in [0.1, 0.15) is 19.8 Å². The molecule has 22 heavy (non-hydrogen) atoms. The second-order valence-corrected chi connectivity index (χ2v) is 6.16. The van der Waals surface area contributed by atoms with Crippen LogP contribution >= 0.6 is 28.3 Å². The first-order valence-corrected chi connectivity index (χ1v) is 8.38. The molecule has 0 unspecified atom stereocenters. The highest BCUT2D eigenvalue weighted by atomic mass is 79.9. The fourth-order valence-corrected chi connectivity index (χ4v) is 2.82. The lowest BCUT2D eigenvalue weighted by atomic mass is 9.96. The lowest BCUT2D eigenvalue weighted by Gasteiger charge is -2.28. The summed E-state index contributed by atoms with van der Waals surface area (Å²) in [6, 6.07) is 7.75. The van der Waals surface area contributed by atoms with Crippen LogP contribution in [0.4, 0.5) is 0 Å². The maximum Gasteiger partial charge on any atom is 0.225 e. The van der Waals surface area contributed by atoms with Crippen LogP contribution in [0.5, 0.6) is 5.75 Å². The summed E-state index contributed by atoms with van der Waals surface area (Å²) in [4.78, 5) is 14.4. The predicted octanol–water partition coefficient (Wildman–Crippen LogP) is 3.10. The number of ether oxygens (including phenoxy) is 1. The summed E-state index contributed by atoms with van der Waals surface area (Å²) < 4.78 is 6.74. The number of halogens is 2. The summed E-state index contributed by atoms with van der Waals surface area (Å²) in [5.74, 6) is 1.29. The van der Waals surface area contributed by atoms with E-state index in [4.69, 9.17) is 4.74 Å². The lowest BCUT2D eigenvalue weighted by molar-refractivity contribution is -0.136. The van der Waals surface area contributed by atoms with Gasteiger partial charge in [0.1, 0.15) is 12.4 Å². The average Bonchev–Trinajstić information content (AvgIpc) is 2.53. The van der Waals surface area contributed by atoms with E-state index in [1.807, 2.05) is 36.1 Å². The topological polar surface area (TPSA) is 41.6 Å². The van der Waals surface area contributed by atoms with Crippen molar-refractivity contribution < 1.29 is 9.53 Å². The van der Waals surface area contributed by atoms with E-state index in [2.05, 4.69) is 21.2 Å². The third-order valence-electron chi connectivity index (χ3n) is 3.83. The normalized spacial score (nSPS) is 15.0. The highest BCUT2D eigenvalue weighted by Crippen LogP contribution is 2.17. The molecule has 1 heterocycles. The van der Waals surface area contributed by atoms with Gasteiger partial charge in [0, 0.05) is 16.9 Å². The molecule has 0 bridgehead atoms. The lowest BCUT2D eigenvalue weighted by Crippen LogP contribution is -2.42. The van der Waals surface area contributed by atoms with E-state index >= 15 is 0 Å². The Hall–Kier alpha value is -0.780. The summed E-state index contributed by atoms with van der Waals surface area (Å²) in [6.45, 7) is 5.85. The van der Waals surface area contributed by atoms with Gasteiger partial charge in [-0.05, 0) is 57.1 Å². The zero-order valence-electron chi connectivity index (χ0n) is 12.9. The average molecular weight is 392 g/mol. The van der Waals surface area contributed by atoms with Crippen molar-refractivity contribution in [2.45, 2.75) is 19.8 Å². The van der Waals surface area contributed by atoms with Gasteiger partial charge in [0.25, 0.3) is 0 Å². The Morgan fingerprint density at radius 2 is 1.95 bits per heavy atom. The molecular weight excluding hydrogens is 368 g/mol. The third kappa shape index (κ3) is 5.78. The van der Waals surface area contributed by atoms with Gasteiger partial charge in [-0.3, -0.25) is 4.79 Å². The SMILES string of the molecule is CCN(CCOc1ccc(Br)cc1)C(=O)C1CCNCC1.Cl. The number of nitrogens with one attached hydrogen (secondary N) is 1. The molecule has 1 saturated heterocycles. The Morgan fingerprint density at radius 1 is 1.32 bits per heavy atom. The number of rotatable bonds is 6. The van der Waals surface area contributed by atoms with E-state index in [1.165, 1.54) is 0 Å². The molecule has 0 aromatic heterocycles. The maximum absolute atomic E-state index is 12.5. The van der Waals surface area contributed by atoms with Crippen LogP contribution in [-0.2, 0) is 4.79 Å². The van der Waals surface area contributed by atoms with Crippen LogP contribution in [0.15, 0.2) is 28.7 Å². The van der Waals surface area contributed by atoms with E-state index in [0.29, 0.717) is 13.2 Å². The van der Waals surface area contributed by atoms with Gasteiger partial charge < -0.3 is 15.0 Å². The highest BCUT2D eigenvalue weighted by molar-refractivity contribution is 9.10. The first kappa shape index (κ1) is 19.3. The van der Waals surface area contributed by atoms with Crippen LogP contribution in [0.25, 0.3) is 0 Å². The number of benzene rings is 1. The molecule has 0 radical (unpaired) electrons. The van der Waals surface area contributed by atoms with Gasteiger partial charge in [-0.1, -0.05) is 15.9 Å². The minimum absolute atomic E-state index is 0. The summed E-state index contributed by atoms with van der Waals surface area (Å²) in [5.41, 5.74) is 0. The molecule has 0 spiro atoms. The smallest absolute Gasteiger partial charge is 0.225 e. The third-order valence-corrected chi connectivity index (χ3v) is 4.35. The Morgan fingerprint density at radius 3 is 2.55 bits per heavy atom. The second-order valence-electron chi connectivity index (χ2n) is 5.24. The van der Waals surface area contributed by atoms with Crippen molar-refractivity contribution in [3.63, 3.8) is 0 Å². The van der Waals surface area contributed by atoms with Gasteiger partial charge in [0.15, 0.2) is 0 Å². The van der Waals surface area contributed by atoms with Crippen LogP contribution in [-0.4, -0.2) is 43.6 Å². The van der Waals surface area contributed by atoms with E-state index in [-0.39, 0.29) is 24.2 Å². The van der Waals surface area contributed by atoms with Crippen molar-refractivity contribution in [3.05, 3.63) is 28.7 Å². The zero-order valence-corrected chi connectivity index (χ0v) is 15.3. The molecule has 0 saturated carbocycles. The van der Waals surface area contributed by atoms with E-state index < -0.39 is 0 Å². The quantitative estimate of drug-likeness (QED) is 0.810. The molecule has 6 heteroatoms.